The van der Waals surface area contributed by atoms with Crippen molar-refractivity contribution in [1.29, 1.82) is 0 Å². The van der Waals surface area contributed by atoms with Gasteiger partial charge in [0.2, 0.25) is 0 Å². The molecule has 188 valence electrons. The fourth-order valence-electron chi connectivity index (χ4n) is 5.13. The van der Waals surface area contributed by atoms with Crippen molar-refractivity contribution >= 4 is 33.7 Å². The van der Waals surface area contributed by atoms with Crippen LogP contribution in [-0.2, 0) is 13.7 Å². The minimum absolute atomic E-state index is 0.193. The number of aryl methyl sites for hydroxylation is 1. The van der Waals surface area contributed by atoms with Gasteiger partial charge in [-0.2, -0.15) is 10.2 Å². The predicted molar refractivity (Wildman–Crippen MR) is 138 cm³/mol. The van der Waals surface area contributed by atoms with Crippen LogP contribution < -0.4 is 20.3 Å². The maximum Gasteiger partial charge on any atom is 0.274 e. The van der Waals surface area contributed by atoms with E-state index in [1.165, 1.54) is 12.8 Å². The molecule has 10 heteroatoms. The minimum atomic E-state index is -0.312. The summed E-state index contributed by atoms with van der Waals surface area (Å²) in [7, 11) is 3.42. The lowest BCUT2D eigenvalue weighted by atomic mass is 10.0. The Bertz CT molecular complexity index is 1430. The number of fused-ring (bicyclic) bond motifs is 2. The van der Waals surface area contributed by atoms with Crippen molar-refractivity contribution in [2.24, 2.45) is 7.05 Å². The monoisotopic (exact) mass is 489 g/mol. The van der Waals surface area contributed by atoms with Crippen LogP contribution in [0.15, 0.2) is 36.5 Å². The fourth-order valence-corrected chi connectivity index (χ4v) is 5.13. The second kappa shape index (κ2) is 9.11. The number of nitrogens with one attached hydrogen (secondary N) is 2. The molecule has 1 aliphatic heterocycles. The van der Waals surface area contributed by atoms with E-state index in [1.807, 2.05) is 37.5 Å². The Morgan fingerprint density at radius 3 is 2.61 bits per heavy atom. The molecule has 1 saturated heterocycles. The lowest BCUT2D eigenvalue weighted by Gasteiger charge is -2.34. The summed E-state index contributed by atoms with van der Waals surface area (Å²) in [5, 5.41) is 26.3. The Hall–Kier alpha value is -3.63. The topological polar surface area (TPSA) is 109 Å². The second-order valence-electron chi connectivity index (χ2n) is 9.77. The number of ether oxygens (including phenoxy) is 1. The van der Waals surface area contributed by atoms with Crippen LogP contribution in [-0.4, -0.2) is 62.7 Å². The number of amides is 1. The number of carbonyl (C=O) groups excluding carboxylic acids is 1. The van der Waals surface area contributed by atoms with E-state index < -0.39 is 0 Å². The molecule has 1 amide bonds. The van der Waals surface area contributed by atoms with Gasteiger partial charge in [0.25, 0.3) is 5.91 Å². The molecule has 1 aliphatic carbocycles. The summed E-state index contributed by atoms with van der Waals surface area (Å²) in [5.74, 6) is 0.217. The molecule has 0 spiro atoms. The third kappa shape index (κ3) is 4.27. The molecule has 3 aromatic heterocycles. The number of rotatable bonds is 7. The molecule has 0 atom stereocenters. The van der Waals surface area contributed by atoms with E-state index in [9.17, 15) is 9.90 Å². The van der Waals surface area contributed by atoms with Crippen LogP contribution in [0.3, 0.4) is 0 Å². The zero-order valence-corrected chi connectivity index (χ0v) is 20.6. The maximum atomic E-state index is 13.4. The number of anilines is 2. The van der Waals surface area contributed by atoms with Gasteiger partial charge in [0.05, 0.1) is 41.8 Å². The van der Waals surface area contributed by atoms with E-state index in [0.29, 0.717) is 34.9 Å². The predicted octanol–water partition coefficient (Wildman–Crippen LogP) is 2.70. The van der Waals surface area contributed by atoms with Crippen molar-refractivity contribution in [3.05, 3.63) is 47.9 Å². The molecule has 0 unspecified atom stereocenters. The molecule has 0 bridgehead atoms. The normalized spacial score (nSPS) is 16.7. The highest BCUT2D eigenvalue weighted by molar-refractivity contribution is 6.06. The molecule has 36 heavy (non-hydrogen) atoms. The van der Waals surface area contributed by atoms with Gasteiger partial charge in [-0.05, 0) is 49.9 Å². The van der Waals surface area contributed by atoms with E-state index in [1.54, 1.807) is 22.4 Å². The van der Waals surface area contributed by atoms with E-state index in [-0.39, 0.29) is 12.5 Å². The summed E-state index contributed by atoms with van der Waals surface area (Å²) < 4.78 is 8.88. The standard InChI is InChI=1S/C26H31N7O3/c1-31-14-16-11-21(25(36-2)13-20(16)30-31)28-26(35)23-6-5-22(24-12-19(15-34)29-33(23)24)32-9-7-18(8-10-32)27-17-3-4-17/h5-6,11-14,17-18,27,34H,3-4,7-10,15H2,1-2H3,(H,28,35). The first-order valence-electron chi connectivity index (χ1n) is 12.5. The van der Waals surface area contributed by atoms with Gasteiger partial charge in [-0.3, -0.25) is 9.48 Å². The molecular weight excluding hydrogens is 458 g/mol. The first-order valence-corrected chi connectivity index (χ1v) is 12.5. The van der Waals surface area contributed by atoms with Crippen molar-refractivity contribution in [2.45, 2.75) is 44.4 Å². The second-order valence-corrected chi connectivity index (χ2v) is 9.77. The third-order valence-corrected chi connectivity index (χ3v) is 7.12. The number of benzene rings is 1. The first-order chi connectivity index (χ1) is 17.5. The van der Waals surface area contributed by atoms with E-state index in [4.69, 9.17) is 4.74 Å². The Morgan fingerprint density at radius 1 is 1.11 bits per heavy atom. The van der Waals surface area contributed by atoms with Crippen LogP contribution >= 0.6 is 0 Å². The number of aliphatic hydroxyl groups excluding tert-OH is 1. The van der Waals surface area contributed by atoms with Crippen molar-refractivity contribution in [3.63, 3.8) is 0 Å². The molecular formula is C26H31N7O3. The van der Waals surface area contributed by atoms with Gasteiger partial charge in [-0.15, -0.1) is 0 Å². The number of aromatic nitrogens is 4. The van der Waals surface area contributed by atoms with Crippen LogP contribution in [0.25, 0.3) is 16.4 Å². The van der Waals surface area contributed by atoms with E-state index >= 15 is 0 Å². The lowest BCUT2D eigenvalue weighted by Crippen LogP contribution is -2.43. The highest BCUT2D eigenvalue weighted by Crippen LogP contribution is 2.32. The average Bonchev–Trinajstić information content (AvgIpc) is 3.46. The SMILES string of the molecule is COc1cc2nn(C)cc2cc1NC(=O)c1ccc(N2CCC(NC3CC3)CC2)c2cc(CO)nn12. The van der Waals surface area contributed by atoms with Crippen molar-refractivity contribution in [1.82, 2.24) is 24.7 Å². The summed E-state index contributed by atoms with van der Waals surface area (Å²) >= 11 is 0. The molecule has 6 rings (SSSR count). The zero-order chi connectivity index (χ0) is 24.8. The van der Waals surface area contributed by atoms with Crippen LogP contribution in [0.4, 0.5) is 11.4 Å². The summed E-state index contributed by atoms with van der Waals surface area (Å²) in [6, 6.07) is 10.6. The van der Waals surface area contributed by atoms with Crippen LogP contribution in [0.2, 0.25) is 0 Å². The Morgan fingerprint density at radius 2 is 1.89 bits per heavy atom. The van der Waals surface area contributed by atoms with Crippen molar-refractivity contribution < 1.29 is 14.6 Å². The Labute approximate surface area is 208 Å². The molecule has 1 saturated carbocycles. The highest BCUT2D eigenvalue weighted by atomic mass is 16.5. The van der Waals surface area contributed by atoms with Gasteiger partial charge in [0, 0.05) is 49.9 Å². The number of nitrogens with zero attached hydrogens (tertiary/aromatic N) is 5. The van der Waals surface area contributed by atoms with Gasteiger partial charge < -0.3 is 25.4 Å². The number of piperidine rings is 1. The third-order valence-electron chi connectivity index (χ3n) is 7.12. The summed E-state index contributed by atoms with van der Waals surface area (Å²) in [4.78, 5) is 15.8. The van der Waals surface area contributed by atoms with Crippen LogP contribution in [0.1, 0.15) is 41.9 Å². The Balaban J connectivity index is 1.29. The molecule has 3 N–H and O–H groups in total. The molecule has 2 fully saturated rings. The number of methoxy groups -OCH3 is 1. The van der Waals surface area contributed by atoms with E-state index in [0.717, 1.165) is 48.0 Å². The van der Waals surface area contributed by atoms with Gasteiger partial charge in [-0.25, -0.2) is 4.52 Å². The number of carbonyl (C=O) groups is 1. The highest BCUT2D eigenvalue weighted by Gasteiger charge is 2.28. The molecule has 4 heterocycles. The van der Waals surface area contributed by atoms with Crippen LogP contribution in [0.5, 0.6) is 5.75 Å². The van der Waals surface area contributed by atoms with Crippen LogP contribution in [0, 0.1) is 0 Å². The number of aliphatic hydroxyl groups is 1. The summed E-state index contributed by atoms with van der Waals surface area (Å²) in [6.45, 7) is 1.68. The maximum absolute atomic E-state index is 13.4. The molecule has 0 radical (unpaired) electrons. The smallest absolute Gasteiger partial charge is 0.274 e. The van der Waals surface area contributed by atoms with Crippen molar-refractivity contribution in [2.75, 3.05) is 30.4 Å². The average molecular weight is 490 g/mol. The molecule has 10 nitrogen and oxygen atoms in total. The number of pyridine rings is 1. The quantitative estimate of drug-likeness (QED) is 0.366. The summed E-state index contributed by atoms with van der Waals surface area (Å²) in [6.07, 6.45) is 6.66. The molecule has 1 aromatic carbocycles. The van der Waals surface area contributed by atoms with Gasteiger partial charge >= 0.3 is 0 Å². The number of hydrogen-bond donors (Lipinski definition) is 3. The fraction of sp³-hybridized carbons (Fsp3) is 0.423. The van der Waals surface area contributed by atoms with E-state index in [2.05, 4.69) is 25.7 Å². The van der Waals surface area contributed by atoms with Crippen molar-refractivity contribution in [3.8, 4) is 5.75 Å². The summed E-state index contributed by atoms with van der Waals surface area (Å²) in [5.41, 5.74) is 4.09. The lowest BCUT2D eigenvalue weighted by molar-refractivity contribution is 0.101. The number of hydrogen-bond acceptors (Lipinski definition) is 7. The molecule has 4 aromatic rings. The molecule has 2 aliphatic rings. The van der Waals surface area contributed by atoms with Gasteiger partial charge in [0.15, 0.2) is 0 Å². The van der Waals surface area contributed by atoms with Gasteiger partial charge in [0.1, 0.15) is 11.4 Å². The first kappa shape index (κ1) is 22.8. The largest absolute Gasteiger partial charge is 0.494 e. The Kier molecular flexibility index (Phi) is 5.77. The minimum Gasteiger partial charge on any atom is -0.494 e. The van der Waals surface area contributed by atoms with Gasteiger partial charge in [-0.1, -0.05) is 0 Å². The zero-order valence-electron chi connectivity index (χ0n) is 20.6.